The van der Waals surface area contributed by atoms with Gasteiger partial charge >= 0.3 is 6.09 Å². The summed E-state index contributed by atoms with van der Waals surface area (Å²) in [6.45, 7) is 5.94. The average molecular weight is 392 g/mol. The maximum absolute atomic E-state index is 13.2. The highest BCUT2D eigenvalue weighted by atomic mass is 32.2. The van der Waals surface area contributed by atoms with E-state index in [1.54, 1.807) is 23.5 Å². The van der Waals surface area contributed by atoms with Crippen LogP contribution in [0.15, 0.2) is 40.6 Å². The lowest BCUT2D eigenvalue weighted by atomic mass is 9.93. The Balaban J connectivity index is 1.81. The number of rotatable bonds is 4. The molecule has 140 valence electrons. The molecule has 0 saturated carbocycles. The third kappa shape index (κ3) is 4.12. The summed E-state index contributed by atoms with van der Waals surface area (Å²) in [5.74, 6) is 1.84. The number of cyclic esters (lactones) is 1. The van der Waals surface area contributed by atoms with E-state index in [0.29, 0.717) is 0 Å². The van der Waals surface area contributed by atoms with Gasteiger partial charge in [0.1, 0.15) is 6.10 Å². The van der Waals surface area contributed by atoms with Crippen LogP contribution < -0.4 is 0 Å². The maximum atomic E-state index is 13.2. The van der Waals surface area contributed by atoms with Crippen LogP contribution in [0.3, 0.4) is 0 Å². The highest BCUT2D eigenvalue weighted by Crippen LogP contribution is 2.38. The van der Waals surface area contributed by atoms with Crippen molar-refractivity contribution in [3.63, 3.8) is 0 Å². The van der Waals surface area contributed by atoms with Crippen molar-refractivity contribution in [2.75, 3.05) is 11.5 Å². The van der Waals surface area contributed by atoms with Crippen molar-refractivity contribution in [2.24, 2.45) is 11.8 Å². The lowest BCUT2D eigenvalue weighted by molar-refractivity contribution is -0.133. The minimum atomic E-state index is -0.538. The number of carbonyl (C=O) groups is 2. The minimum Gasteiger partial charge on any atom is -0.439 e. The zero-order valence-electron chi connectivity index (χ0n) is 15.4. The average Bonchev–Trinajstić information content (AvgIpc) is 2.95. The van der Waals surface area contributed by atoms with Crippen LogP contribution in [0.2, 0.25) is 0 Å². The fraction of sp³-hybridized carbons (Fsp3) is 0.500. The highest BCUT2D eigenvalue weighted by molar-refractivity contribution is 8.22. The van der Waals surface area contributed by atoms with Crippen LogP contribution in [0.25, 0.3) is 0 Å². The molecular formula is C20H25NO3S2. The molecule has 2 aliphatic rings. The van der Waals surface area contributed by atoms with Crippen LogP contribution in [-0.2, 0) is 9.53 Å². The van der Waals surface area contributed by atoms with Gasteiger partial charge in [0.25, 0.3) is 0 Å². The molecule has 1 aromatic carbocycles. The van der Waals surface area contributed by atoms with Crippen LogP contribution in [0.1, 0.15) is 38.9 Å². The molecule has 6 heteroatoms. The Morgan fingerprint density at radius 1 is 1.23 bits per heavy atom. The summed E-state index contributed by atoms with van der Waals surface area (Å²) < 4.78 is 6.75. The Morgan fingerprint density at radius 3 is 2.50 bits per heavy atom. The Morgan fingerprint density at radius 2 is 1.88 bits per heavy atom. The van der Waals surface area contributed by atoms with Crippen molar-refractivity contribution in [1.29, 1.82) is 0 Å². The van der Waals surface area contributed by atoms with Crippen molar-refractivity contribution in [2.45, 2.75) is 39.3 Å². The number of imide groups is 1. The van der Waals surface area contributed by atoms with E-state index in [0.717, 1.165) is 17.1 Å². The zero-order chi connectivity index (χ0) is 18.7. The molecule has 0 spiro atoms. The van der Waals surface area contributed by atoms with E-state index < -0.39 is 12.2 Å². The number of carbonyl (C=O) groups excluding carboxylic acids is 2. The van der Waals surface area contributed by atoms with Gasteiger partial charge < -0.3 is 4.74 Å². The van der Waals surface area contributed by atoms with E-state index in [9.17, 15) is 9.59 Å². The predicted octanol–water partition coefficient (Wildman–Crippen LogP) is 5.08. The Hall–Kier alpha value is -1.40. The van der Waals surface area contributed by atoms with Crippen LogP contribution in [-0.4, -0.2) is 34.4 Å². The first-order valence-electron chi connectivity index (χ1n) is 9.05. The SMILES string of the molecule is CC(C)[C@@H](C=C1SCCCS1)C(=O)N1C(=O)O[C@@H](c2ccccc2)[C@H]1C. The third-order valence-electron chi connectivity index (χ3n) is 4.73. The second kappa shape index (κ2) is 8.53. The lowest BCUT2D eigenvalue weighted by Crippen LogP contribution is -2.42. The van der Waals surface area contributed by atoms with Crippen LogP contribution in [0, 0.1) is 11.8 Å². The zero-order valence-corrected chi connectivity index (χ0v) is 17.0. The minimum absolute atomic E-state index is 0.119. The number of thioether (sulfide) groups is 2. The number of hydrogen-bond donors (Lipinski definition) is 0. The molecule has 0 aliphatic carbocycles. The molecule has 3 rings (SSSR count). The van der Waals surface area contributed by atoms with Gasteiger partial charge in [-0.2, -0.15) is 0 Å². The first-order chi connectivity index (χ1) is 12.5. The van der Waals surface area contributed by atoms with Crippen molar-refractivity contribution in [3.8, 4) is 0 Å². The van der Waals surface area contributed by atoms with E-state index in [1.165, 1.54) is 15.6 Å². The van der Waals surface area contributed by atoms with Crippen molar-refractivity contribution >= 4 is 35.5 Å². The Labute approximate surface area is 163 Å². The Kier molecular flexibility index (Phi) is 6.35. The molecule has 4 nitrogen and oxygen atoms in total. The van der Waals surface area contributed by atoms with Crippen molar-refractivity contribution in [1.82, 2.24) is 4.90 Å². The fourth-order valence-electron chi connectivity index (χ4n) is 3.24. The third-order valence-corrected chi connectivity index (χ3v) is 7.27. The molecule has 2 amide bonds. The Bertz CT molecular complexity index is 682. The molecule has 2 heterocycles. The monoisotopic (exact) mass is 391 g/mol. The normalized spacial score (nSPS) is 24.5. The lowest BCUT2D eigenvalue weighted by Gasteiger charge is -2.26. The second-order valence-electron chi connectivity index (χ2n) is 6.97. The van der Waals surface area contributed by atoms with Crippen LogP contribution >= 0.6 is 23.5 Å². The molecule has 1 aromatic rings. The summed E-state index contributed by atoms with van der Waals surface area (Å²) in [5, 5.41) is 0. The molecule has 2 fully saturated rings. The molecule has 2 aliphatic heterocycles. The summed E-state index contributed by atoms with van der Waals surface area (Å²) in [7, 11) is 0. The highest BCUT2D eigenvalue weighted by Gasteiger charge is 2.45. The van der Waals surface area contributed by atoms with Crippen molar-refractivity contribution < 1.29 is 14.3 Å². The number of ether oxygens (including phenoxy) is 1. The molecule has 3 atom stereocenters. The molecule has 0 aromatic heterocycles. The topological polar surface area (TPSA) is 46.6 Å². The first kappa shape index (κ1) is 19.4. The van der Waals surface area contributed by atoms with Gasteiger partial charge in [0.2, 0.25) is 5.91 Å². The summed E-state index contributed by atoms with van der Waals surface area (Å²) in [4.78, 5) is 27.0. The standard InChI is InChI=1S/C20H25NO3S2/c1-13(2)16(12-17-25-10-7-11-26-17)19(22)21-14(3)18(24-20(21)23)15-8-5-4-6-9-15/h4-6,8-9,12-14,16,18H,7,10-11H2,1-3H3/t14-,16-,18-/m1/s1. The maximum Gasteiger partial charge on any atom is 0.417 e. The summed E-state index contributed by atoms with van der Waals surface area (Å²) in [6.07, 6.45) is 2.30. The van der Waals surface area contributed by atoms with E-state index in [4.69, 9.17) is 4.74 Å². The fourth-order valence-corrected chi connectivity index (χ4v) is 5.73. The number of nitrogens with zero attached hydrogens (tertiary/aromatic N) is 1. The first-order valence-corrected chi connectivity index (χ1v) is 11.0. The second-order valence-corrected chi connectivity index (χ2v) is 9.50. The largest absolute Gasteiger partial charge is 0.439 e. The molecule has 0 N–H and O–H groups in total. The quantitative estimate of drug-likeness (QED) is 0.716. The molecule has 0 radical (unpaired) electrons. The van der Waals surface area contributed by atoms with Crippen LogP contribution in [0.4, 0.5) is 4.79 Å². The molecule has 0 unspecified atom stereocenters. The number of amides is 2. The van der Waals surface area contributed by atoms with Gasteiger partial charge in [-0.05, 0) is 36.3 Å². The predicted molar refractivity (Wildman–Crippen MR) is 108 cm³/mol. The van der Waals surface area contributed by atoms with Gasteiger partial charge in [-0.25, -0.2) is 9.69 Å². The summed E-state index contributed by atoms with van der Waals surface area (Å²) in [5.41, 5.74) is 0.918. The summed E-state index contributed by atoms with van der Waals surface area (Å²) >= 11 is 3.61. The van der Waals surface area contributed by atoms with Gasteiger partial charge in [0.15, 0.2) is 0 Å². The van der Waals surface area contributed by atoms with E-state index in [2.05, 4.69) is 6.08 Å². The number of benzene rings is 1. The van der Waals surface area contributed by atoms with Gasteiger partial charge in [-0.3, -0.25) is 4.79 Å². The smallest absolute Gasteiger partial charge is 0.417 e. The van der Waals surface area contributed by atoms with Gasteiger partial charge in [-0.15, -0.1) is 23.5 Å². The van der Waals surface area contributed by atoms with Gasteiger partial charge in [0, 0.05) is 4.24 Å². The van der Waals surface area contributed by atoms with E-state index >= 15 is 0 Å². The molecule has 0 bridgehead atoms. The van der Waals surface area contributed by atoms with E-state index in [1.807, 2.05) is 51.1 Å². The summed E-state index contributed by atoms with van der Waals surface area (Å²) in [6, 6.07) is 9.30. The van der Waals surface area contributed by atoms with Crippen LogP contribution in [0.5, 0.6) is 0 Å². The van der Waals surface area contributed by atoms with Gasteiger partial charge in [0.05, 0.1) is 12.0 Å². The van der Waals surface area contributed by atoms with Gasteiger partial charge in [-0.1, -0.05) is 50.3 Å². The number of hydrogen-bond acceptors (Lipinski definition) is 5. The molecule has 2 saturated heterocycles. The molecule has 26 heavy (non-hydrogen) atoms. The van der Waals surface area contributed by atoms with Crippen molar-refractivity contribution in [3.05, 3.63) is 46.2 Å². The van der Waals surface area contributed by atoms with E-state index in [-0.39, 0.29) is 23.8 Å². The molecular weight excluding hydrogens is 366 g/mol.